The number of rotatable bonds is 5. The van der Waals surface area contributed by atoms with E-state index in [4.69, 9.17) is 21.9 Å². The van der Waals surface area contributed by atoms with Crippen molar-refractivity contribution in [3.05, 3.63) is 82.9 Å². The molecule has 1 aliphatic heterocycles. The van der Waals surface area contributed by atoms with E-state index in [1.54, 1.807) is 0 Å². The van der Waals surface area contributed by atoms with Gasteiger partial charge in [0.05, 0.1) is 30.5 Å². The molecule has 2 atom stereocenters. The van der Waals surface area contributed by atoms with E-state index in [2.05, 4.69) is 40.8 Å². The van der Waals surface area contributed by atoms with Crippen molar-refractivity contribution in [2.75, 3.05) is 7.11 Å². The van der Waals surface area contributed by atoms with Crippen molar-refractivity contribution in [1.29, 1.82) is 0 Å². The number of aryl methyl sites for hydroxylation is 1. The van der Waals surface area contributed by atoms with Crippen LogP contribution in [0.3, 0.4) is 0 Å². The van der Waals surface area contributed by atoms with Crippen LogP contribution in [-0.2, 0) is 4.74 Å². The van der Waals surface area contributed by atoms with Gasteiger partial charge >= 0.3 is 5.97 Å². The number of thiocarbonyl (C=S) groups is 1. The quantitative estimate of drug-likeness (QED) is 0.374. The van der Waals surface area contributed by atoms with Crippen molar-refractivity contribution in [3.63, 3.8) is 0 Å². The molecule has 0 radical (unpaired) electrons. The van der Waals surface area contributed by atoms with Crippen LogP contribution in [0.4, 0.5) is 0 Å². The van der Waals surface area contributed by atoms with Crippen LogP contribution in [0.1, 0.15) is 77.2 Å². The molecular formula is C28H32N4O2S. The van der Waals surface area contributed by atoms with Gasteiger partial charge in [0, 0.05) is 29.3 Å². The van der Waals surface area contributed by atoms with Gasteiger partial charge in [-0.3, -0.25) is 4.98 Å². The standard InChI is InChI=1S/C28H32N4O2S/c1-18-17-23(19(2)31(18)22-14-12-20(13-15-22)27(33)34-3)26-25(24-11-7-8-16-29-24)30-28(35)32(26)21-9-5-4-6-10-21/h7-8,11-17,21,25-26H,4-6,9-10H2,1-3H3,(H,30,35)/t25-,26-/m0/s1. The Morgan fingerprint density at radius 2 is 1.83 bits per heavy atom. The second kappa shape index (κ2) is 9.82. The number of nitrogens with zero attached hydrogens (tertiary/aromatic N) is 3. The molecule has 3 aromatic rings. The lowest BCUT2D eigenvalue weighted by Gasteiger charge is -2.37. The third kappa shape index (κ3) is 4.33. The summed E-state index contributed by atoms with van der Waals surface area (Å²) in [5, 5.41) is 4.45. The Labute approximate surface area is 212 Å². The van der Waals surface area contributed by atoms with E-state index >= 15 is 0 Å². The molecule has 182 valence electrons. The van der Waals surface area contributed by atoms with Crippen LogP contribution in [-0.4, -0.2) is 38.7 Å². The zero-order valence-electron chi connectivity index (χ0n) is 20.5. The monoisotopic (exact) mass is 488 g/mol. The largest absolute Gasteiger partial charge is 0.465 e. The van der Waals surface area contributed by atoms with Crippen molar-refractivity contribution in [1.82, 2.24) is 19.8 Å². The van der Waals surface area contributed by atoms with Gasteiger partial charge in [0.1, 0.15) is 0 Å². The fraction of sp³-hybridized carbons (Fsp3) is 0.393. The van der Waals surface area contributed by atoms with Crippen molar-refractivity contribution in [2.45, 2.75) is 64.1 Å². The van der Waals surface area contributed by atoms with Gasteiger partial charge in [0.2, 0.25) is 0 Å². The van der Waals surface area contributed by atoms with Gasteiger partial charge in [0.15, 0.2) is 5.11 Å². The molecule has 5 rings (SSSR count). The van der Waals surface area contributed by atoms with Gasteiger partial charge in [-0.1, -0.05) is 25.3 Å². The summed E-state index contributed by atoms with van der Waals surface area (Å²) in [6.07, 6.45) is 7.98. The van der Waals surface area contributed by atoms with Gasteiger partial charge in [0.25, 0.3) is 0 Å². The number of carbonyl (C=O) groups excluding carboxylic acids is 1. The van der Waals surface area contributed by atoms with Gasteiger partial charge in [-0.05, 0) is 86.9 Å². The Morgan fingerprint density at radius 3 is 2.49 bits per heavy atom. The Morgan fingerprint density at radius 1 is 1.09 bits per heavy atom. The van der Waals surface area contributed by atoms with Gasteiger partial charge in [-0.15, -0.1) is 0 Å². The number of hydrogen-bond donors (Lipinski definition) is 1. The highest BCUT2D eigenvalue weighted by atomic mass is 32.1. The van der Waals surface area contributed by atoms with Crippen molar-refractivity contribution in [3.8, 4) is 5.69 Å². The van der Waals surface area contributed by atoms with Crippen LogP contribution in [0, 0.1) is 13.8 Å². The zero-order chi connectivity index (χ0) is 24.5. The lowest BCUT2D eigenvalue weighted by molar-refractivity contribution is 0.0600. The fourth-order valence-corrected chi connectivity index (χ4v) is 6.19. The number of hydrogen-bond acceptors (Lipinski definition) is 4. The Balaban J connectivity index is 1.58. The Kier molecular flexibility index (Phi) is 6.60. The van der Waals surface area contributed by atoms with Crippen LogP contribution in [0.5, 0.6) is 0 Å². The summed E-state index contributed by atoms with van der Waals surface area (Å²) in [4.78, 5) is 19.1. The highest BCUT2D eigenvalue weighted by molar-refractivity contribution is 7.80. The Bertz CT molecular complexity index is 1220. The molecule has 7 heteroatoms. The molecule has 6 nitrogen and oxygen atoms in total. The van der Waals surface area contributed by atoms with Gasteiger partial charge in [-0.25, -0.2) is 4.79 Å². The third-order valence-electron chi connectivity index (χ3n) is 7.44. The number of carbonyl (C=O) groups is 1. The summed E-state index contributed by atoms with van der Waals surface area (Å²) < 4.78 is 7.11. The number of pyridine rings is 1. The molecule has 1 aromatic carbocycles. The maximum absolute atomic E-state index is 11.9. The van der Waals surface area contributed by atoms with Gasteiger partial charge < -0.3 is 19.5 Å². The third-order valence-corrected chi connectivity index (χ3v) is 7.77. The van der Waals surface area contributed by atoms with E-state index in [0.29, 0.717) is 11.6 Å². The molecule has 35 heavy (non-hydrogen) atoms. The van der Waals surface area contributed by atoms with E-state index in [9.17, 15) is 4.79 Å². The minimum atomic E-state index is -0.329. The number of ether oxygens (including phenoxy) is 1. The highest BCUT2D eigenvalue weighted by Crippen LogP contribution is 2.44. The highest BCUT2D eigenvalue weighted by Gasteiger charge is 2.44. The Hall–Kier alpha value is -3.19. The minimum Gasteiger partial charge on any atom is -0.465 e. The molecule has 2 aromatic heterocycles. The van der Waals surface area contributed by atoms with Crippen molar-refractivity contribution < 1.29 is 9.53 Å². The second-order valence-electron chi connectivity index (χ2n) is 9.53. The van der Waals surface area contributed by atoms with Crippen LogP contribution in [0.2, 0.25) is 0 Å². The van der Waals surface area contributed by atoms with Crippen LogP contribution < -0.4 is 5.32 Å². The SMILES string of the molecule is COC(=O)c1ccc(-n2c(C)cc([C@H]3[C@H](c4ccccn4)NC(=S)N3C3CCCCC3)c2C)cc1. The van der Waals surface area contributed by atoms with E-state index in [-0.39, 0.29) is 18.1 Å². The number of aromatic nitrogens is 2. The normalized spacial score (nSPS) is 20.7. The number of methoxy groups -OCH3 is 1. The first-order valence-corrected chi connectivity index (χ1v) is 12.8. The number of nitrogens with one attached hydrogen (secondary N) is 1. The minimum absolute atomic E-state index is 0.0127. The van der Waals surface area contributed by atoms with Gasteiger partial charge in [-0.2, -0.15) is 0 Å². The predicted molar refractivity (Wildman–Crippen MR) is 141 cm³/mol. The van der Waals surface area contributed by atoms with Crippen LogP contribution in [0.25, 0.3) is 5.69 Å². The summed E-state index contributed by atoms with van der Waals surface area (Å²) in [6, 6.07) is 16.4. The van der Waals surface area contributed by atoms with Crippen molar-refractivity contribution >= 4 is 23.3 Å². The van der Waals surface area contributed by atoms with Crippen molar-refractivity contribution in [2.24, 2.45) is 0 Å². The topological polar surface area (TPSA) is 59.4 Å². The number of esters is 1. The first-order chi connectivity index (χ1) is 17.0. The number of benzene rings is 1. The smallest absolute Gasteiger partial charge is 0.337 e. The molecule has 1 N–H and O–H groups in total. The average molecular weight is 489 g/mol. The molecule has 1 saturated heterocycles. The maximum Gasteiger partial charge on any atom is 0.337 e. The average Bonchev–Trinajstić information content (AvgIpc) is 3.39. The molecule has 2 aliphatic rings. The lowest BCUT2D eigenvalue weighted by atomic mass is 9.90. The summed E-state index contributed by atoms with van der Waals surface area (Å²) in [5.41, 5.74) is 6.14. The first kappa shape index (κ1) is 23.5. The molecular weight excluding hydrogens is 456 g/mol. The fourth-order valence-electron chi connectivity index (χ4n) is 5.80. The molecule has 3 heterocycles. The molecule has 1 aliphatic carbocycles. The first-order valence-electron chi connectivity index (χ1n) is 12.4. The molecule has 0 unspecified atom stereocenters. The lowest BCUT2D eigenvalue weighted by Crippen LogP contribution is -2.40. The second-order valence-corrected chi connectivity index (χ2v) is 9.91. The molecule has 0 amide bonds. The predicted octanol–water partition coefficient (Wildman–Crippen LogP) is 5.58. The maximum atomic E-state index is 11.9. The van der Waals surface area contributed by atoms with E-state index in [1.165, 1.54) is 50.5 Å². The summed E-state index contributed by atoms with van der Waals surface area (Å²) in [7, 11) is 1.40. The van der Waals surface area contributed by atoms with E-state index < -0.39 is 0 Å². The van der Waals surface area contributed by atoms with E-state index in [0.717, 1.165) is 22.2 Å². The molecule has 0 spiro atoms. The summed E-state index contributed by atoms with van der Waals surface area (Å²) in [5.74, 6) is -0.329. The summed E-state index contributed by atoms with van der Waals surface area (Å²) in [6.45, 7) is 4.30. The zero-order valence-corrected chi connectivity index (χ0v) is 21.3. The molecule has 0 bridgehead atoms. The molecule has 2 fully saturated rings. The van der Waals surface area contributed by atoms with Crippen LogP contribution in [0.15, 0.2) is 54.7 Å². The van der Waals surface area contributed by atoms with E-state index in [1.807, 2.05) is 42.6 Å². The molecule has 1 saturated carbocycles. The summed E-state index contributed by atoms with van der Waals surface area (Å²) >= 11 is 5.94. The van der Waals surface area contributed by atoms with Crippen LogP contribution >= 0.6 is 12.2 Å².